The molecule has 8 heteroatoms. The van der Waals surface area contributed by atoms with E-state index in [9.17, 15) is 8.42 Å². The zero-order valence-electron chi connectivity index (χ0n) is 26.6. The summed E-state index contributed by atoms with van der Waals surface area (Å²) < 4.78 is 45.5. The lowest BCUT2D eigenvalue weighted by Crippen LogP contribution is -2.13. The number of ether oxygens (including phenoxy) is 2. The van der Waals surface area contributed by atoms with E-state index in [2.05, 4.69) is 39.0 Å². The van der Waals surface area contributed by atoms with E-state index >= 15 is 0 Å². The van der Waals surface area contributed by atoms with E-state index in [1.165, 1.54) is 12.1 Å². The Morgan fingerprint density at radius 2 is 1.59 bits per heavy atom. The molecule has 0 radical (unpaired) electrons. The van der Waals surface area contributed by atoms with Crippen molar-refractivity contribution in [1.82, 2.24) is 4.98 Å². The van der Waals surface area contributed by atoms with Gasteiger partial charge in [-0.15, -0.1) is 0 Å². The molecule has 0 saturated heterocycles. The number of nitrogens with zero attached hydrogens (tertiary/aromatic N) is 1. The summed E-state index contributed by atoms with van der Waals surface area (Å²) in [5, 5.41) is 5.65. The van der Waals surface area contributed by atoms with Gasteiger partial charge in [0.2, 0.25) is 0 Å². The van der Waals surface area contributed by atoms with Crippen molar-refractivity contribution in [3.8, 4) is 22.8 Å². The van der Waals surface area contributed by atoms with Crippen LogP contribution in [0, 0.1) is 12.3 Å². The van der Waals surface area contributed by atoms with Gasteiger partial charge in [0.1, 0.15) is 10.6 Å². The molecule has 0 unspecified atom stereocenters. The summed E-state index contributed by atoms with van der Waals surface area (Å²) in [7, 11) is -4.20. The second kappa shape index (κ2) is 12.6. The first kappa shape index (κ1) is 31.8. The highest BCUT2D eigenvalue weighted by atomic mass is 35.5. The average molecular weight is 654 g/mol. The maximum absolute atomic E-state index is 13.7. The molecule has 46 heavy (non-hydrogen) atoms. The molecule has 0 bridgehead atoms. The fourth-order valence-electron chi connectivity index (χ4n) is 5.86. The molecular formula is C38H36ClNO5S. The van der Waals surface area contributed by atoms with Gasteiger partial charge >= 0.3 is 10.1 Å². The highest BCUT2D eigenvalue weighted by Gasteiger charge is 2.26. The first-order chi connectivity index (χ1) is 22.0. The van der Waals surface area contributed by atoms with Crippen molar-refractivity contribution in [3.05, 3.63) is 107 Å². The van der Waals surface area contributed by atoms with Crippen molar-refractivity contribution in [2.75, 3.05) is 13.4 Å². The topological polar surface area (TPSA) is 74.7 Å². The minimum Gasteiger partial charge on any atom is -0.467 e. The van der Waals surface area contributed by atoms with Crippen molar-refractivity contribution in [2.45, 2.75) is 45.9 Å². The Kier molecular flexibility index (Phi) is 8.68. The lowest BCUT2D eigenvalue weighted by atomic mass is 9.84. The Labute approximate surface area is 275 Å². The van der Waals surface area contributed by atoms with Gasteiger partial charge in [0.25, 0.3) is 0 Å². The molecule has 0 saturated carbocycles. The fraction of sp³-hybridized carbons (Fsp3) is 0.237. The molecule has 5 aromatic carbocycles. The normalized spacial score (nSPS) is 12.2. The van der Waals surface area contributed by atoms with Crippen LogP contribution in [0.5, 0.6) is 11.5 Å². The SMILES string of the molecule is CCOCOc1c(-c2nccc3c2c(OS(=O)(=O)c2ccccc2)cc2cc(Cl)c(C)cc23)cc2ccccc2c1CC(C)(C)C. The molecule has 0 fully saturated rings. The standard InChI is InChI=1S/C38H36ClNO5S/c1-6-43-23-44-37-31(19-25-12-10-11-15-28(25)32(37)22-38(3,4)5)36-35-29(16-17-40-36)30-18-24(2)33(39)20-26(30)21-34(35)45-46(41,42)27-13-8-7-9-14-27/h7-21H,6,22-23H2,1-5H3. The first-order valence-electron chi connectivity index (χ1n) is 15.2. The third-order valence-corrected chi connectivity index (χ3v) is 9.55. The number of fused-ring (bicyclic) bond motifs is 4. The van der Waals surface area contributed by atoms with E-state index in [1.54, 1.807) is 30.5 Å². The van der Waals surface area contributed by atoms with Gasteiger partial charge in [-0.3, -0.25) is 4.98 Å². The summed E-state index contributed by atoms with van der Waals surface area (Å²) in [6.07, 6.45) is 2.46. The third kappa shape index (κ3) is 6.27. The van der Waals surface area contributed by atoms with E-state index in [-0.39, 0.29) is 22.9 Å². The summed E-state index contributed by atoms with van der Waals surface area (Å²) in [6.45, 7) is 11.0. The van der Waals surface area contributed by atoms with Crippen LogP contribution in [-0.4, -0.2) is 26.8 Å². The van der Waals surface area contributed by atoms with Gasteiger partial charge in [0, 0.05) is 29.0 Å². The number of aryl methyl sites for hydroxylation is 1. The number of pyridine rings is 1. The highest BCUT2D eigenvalue weighted by Crippen LogP contribution is 2.46. The van der Waals surface area contributed by atoms with Gasteiger partial charge in [0.05, 0.1) is 11.1 Å². The number of rotatable bonds is 9. The van der Waals surface area contributed by atoms with Gasteiger partial charge in [-0.2, -0.15) is 8.42 Å². The largest absolute Gasteiger partial charge is 0.467 e. The van der Waals surface area contributed by atoms with Crippen LogP contribution < -0.4 is 8.92 Å². The number of halogens is 1. The zero-order valence-corrected chi connectivity index (χ0v) is 28.1. The summed E-state index contributed by atoms with van der Waals surface area (Å²) in [5.41, 5.74) is 3.12. The van der Waals surface area contributed by atoms with Crippen molar-refractivity contribution in [2.24, 2.45) is 5.41 Å². The molecule has 0 spiro atoms. The van der Waals surface area contributed by atoms with Crippen molar-refractivity contribution in [1.29, 1.82) is 0 Å². The van der Waals surface area contributed by atoms with Crippen LogP contribution in [0.3, 0.4) is 0 Å². The fourth-order valence-corrected chi connectivity index (χ4v) is 6.98. The molecule has 1 heterocycles. The van der Waals surface area contributed by atoms with Crippen LogP contribution in [0.25, 0.3) is 43.6 Å². The molecule has 236 valence electrons. The van der Waals surface area contributed by atoms with Crippen molar-refractivity contribution >= 4 is 54.0 Å². The second-order valence-electron chi connectivity index (χ2n) is 12.6. The van der Waals surface area contributed by atoms with Crippen LogP contribution >= 0.6 is 11.6 Å². The molecule has 0 aliphatic heterocycles. The Morgan fingerprint density at radius 3 is 2.33 bits per heavy atom. The molecule has 6 aromatic rings. The summed E-state index contributed by atoms with van der Waals surface area (Å²) in [6, 6.07) is 25.8. The van der Waals surface area contributed by atoms with Crippen LogP contribution in [0.15, 0.2) is 96.0 Å². The summed E-state index contributed by atoms with van der Waals surface area (Å²) in [4.78, 5) is 4.95. The van der Waals surface area contributed by atoms with Crippen LogP contribution in [-0.2, 0) is 21.3 Å². The van der Waals surface area contributed by atoms with Gasteiger partial charge < -0.3 is 13.7 Å². The molecule has 0 amide bonds. The molecule has 0 N–H and O–H groups in total. The van der Waals surface area contributed by atoms with Crippen LogP contribution in [0.1, 0.15) is 38.8 Å². The first-order valence-corrected chi connectivity index (χ1v) is 17.0. The molecule has 0 atom stereocenters. The average Bonchev–Trinajstić information content (AvgIpc) is 3.02. The lowest BCUT2D eigenvalue weighted by Gasteiger charge is -2.25. The second-order valence-corrected chi connectivity index (χ2v) is 14.5. The predicted octanol–water partition coefficient (Wildman–Crippen LogP) is 9.90. The van der Waals surface area contributed by atoms with E-state index in [0.717, 1.165) is 50.0 Å². The van der Waals surface area contributed by atoms with Crippen molar-refractivity contribution in [3.63, 3.8) is 0 Å². The van der Waals surface area contributed by atoms with E-state index < -0.39 is 10.1 Å². The molecular weight excluding hydrogens is 618 g/mol. The molecule has 0 aliphatic carbocycles. The molecule has 6 rings (SSSR count). The lowest BCUT2D eigenvalue weighted by molar-refractivity contribution is 0.0221. The summed E-state index contributed by atoms with van der Waals surface area (Å²) >= 11 is 6.55. The number of hydrogen-bond acceptors (Lipinski definition) is 6. The minimum atomic E-state index is -4.20. The monoisotopic (exact) mass is 653 g/mol. The van der Waals surface area contributed by atoms with E-state index in [0.29, 0.717) is 28.5 Å². The molecule has 1 aromatic heterocycles. The summed E-state index contributed by atoms with van der Waals surface area (Å²) in [5.74, 6) is 0.794. The quantitative estimate of drug-likeness (QED) is 0.0669. The van der Waals surface area contributed by atoms with Crippen LogP contribution in [0.4, 0.5) is 0 Å². The van der Waals surface area contributed by atoms with Gasteiger partial charge in [-0.1, -0.05) is 74.8 Å². The number of aromatic nitrogens is 1. The van der Waals surface area contributed by atoms with Crippen molar-refractivity contribution < 1.29 is 22.1 Å². The zero-order chi connectivity index (χ0) is 32.6. The Bertz CT molecular complexity index is 2190. The van der Waals surface area contributed by atoms with E-state index in [4.69, 9.17) is 30.2 Å². The van der Waals surface area contributed by atoms with Gasteiger partial charge in [-0.05, 0) is 101 Å². The van der Waals surface area contributed by atoms with Crippen LogP contribution in [0.2, 0.25) is 5.02 Å². The Hall–Kier alpha value is -4.17. The van der Waals surface area contributed by atoms with Gasteiger partial charge in [-0.25, -0.2) is 0 Å². The molecule has 6 nitrogen and oxygen atoms in total. The number of benzene rings is 5. The Morgan fingerprint density at radius 1 is 0.848 bits per heavy atom. The Balaban J connectivity index is 1.72. The van der Waals surface area contributed by atoms with Gasteiger partial charge in [0.15, 0.2) is 12.5 Å². The maximum Gasteiger partial charge on any atom is 0.339 e. The number of hydrogen-bond donors (Lipinski definition) is 0. The van der Waals surface area contributed by atoms with E-state index in [1.807, 2.05) is 44.2 Å². The predicted molar refractivity (Wildman–Crippen MR) is 186 cm³/mol. The molecule has 0 aliphatic rings. The smallest absolute Gasteiger partial charge is 0.339 e. The minimum absolute atomic E-state index is 0.0505. The highest BCUT2D eigenvalue weighted by molar-refractivity contribution is 7.87. The third-order valence-electron chi connectivity index (χ3n) is 7.89. The maximum atomic E-state index is 13.7.